The molecule has 0 amide bonds. The lowest BCUT2D eigenvalue weighted by Gasteiger charge is -2.09. The second-order valence-corrected chi connectivity index (χ2v) is 7.49. The minimum absolute atomic E-state index is 0.0164. The lowest BCUT2D eigenvalue weighted by atomic mass is 10.1. The van der Waals surface area contributed by atoms with Crippen LogP contribution < -0.4 is 0 Å². The fraction of sp³-hybridized carbons (Fsp3) is 0.214. The Morgan fingerprint density at radius 2 is 2.00 bits per heavy atom. The Balaban J connectivity index is 2.30. The molecule has 6 heteroatoms. The number of carboxylic acid groups (broad SMARTS) is 1. The van der Waals surface area contributed by atoms with Gasteiger partial charge in [-0.15, -0.1) is 11.3 Å². The summed E-state index contributed by atoms with van der Waals surface area (Å²) in [6.07, 6.45) is 0.441. The minimum Gasteiger partial charge on any atom is -0.478 e. The first-order valence-electron chi connectivity index (χ1n) is 6.00. The molecule has 1 heterocycles. The van der Waals surface area contributed by atoms with E-state index in [1.807, 2.05) is 17.5 Å². The molecule has 106 valence electrons. The third-order valence-corrected chi connectivity index (χ3v) is 5.84. The Morgan fingerprint density at radius 3 is 2.60 bits per heavy atom. The van der Waals surface area contributed by atoms with Crippen molar-refractivity contribution in [3.05, 3.63) is 51.7 Å². The Morgan fingerprint density at radius 1 is 1.25 bits per heavy atom. The van der Waals surface area contributed by atoms with E-state index in [0.29, 0.717) is 12.0 Å². The number of carbonyl (C=O) groups is 1. The number of hydrogen-bond donors (Lipinski definition) is 1. The van der Waals surface area contributed by atoms with Gasteiger partial charge in [0.15, 0.2) is 9.84 Å². The predicted octanol–water partition coefficient (Wildman–Crippen LogP) is 2.77. The number of aryl methyl sites for hydroxylation is 1. The summed E-state index contributed by atoms with van der Waals surface area (Å²) in [7, 11) is -3.48. The Hall–Kier alpha value is -1.66. The van der Waals surface area contributed by atoms with Crippen molar-refractivity contribution < 1.29 is 18.3 Å². The summed E-state index contributed by atoms with van der Waals surface area (Å²) in [5.74, 6) is -1.13. The Kier molecular flexibility index (Phi) is 4.25. The Labute approximate surface area is 121 Å². The van der Waals surface area contributed by atoms with E-state index >= 15 is 0 Å². The third kappa shape index (κ3) is 3.08. The molecule has 1 aromatic carbocycles. The van der Waals surface area contributed by atoms with Gasteiger partial charge in [-0.25, -0.2) is 13.2 Å². The van der Waals surface area contributed by atoms with Gasteiger partial charge >= 0.3 is 5.97 Å². The van der Waals surface area contributed by atoms with Gasteiger partial charge in [0.05, 0.1) is 16.2 Å². The monoisotopic (exact) mass is 310 g/mol. The van der Waals surface area contributed by atoms with Gasteiger partial charge in [-0.05, 0) is 42.5 Å². The molecule has 0 atom stereocenters. The van der Waals surface area contributed by atoms with Crippen LogP contribution in [0, 0.1) is 6.92 Å². The molecule has 0 saturated carbocycles. The van der Waals surface area contributed by atoms with Gasteiger partial charge in [-0.1, -0.05) is 12.1 Å². The second kappa shape index (κ2) is 5.76. The zero-order chi connectivity index (χ0) is 14.8. The van der Waals surface area contributed by atoms with Crippen LogP contribution in [0.4, 0.5) is 0 Å². The quantitative estimate of drug-likeness (QED) is 0.921. The molecule has 1 aromatic heterocycles. The van der Waals surface area contributed by atoms with E-state index in [2.05, 4.69) is 0 Å². The number of thiophene rings is 1. The molecule has 0 bridgehead atoms. The van der Waals surface area contributed by atoms with Gasteiger partial charge in [-0.2, -0.15) is 0 Å². The molecule has 0 spiro atoms. The molecule has 2 rings (SSSR count). The van der Waals surface area contributed by atoms with Crippen LogP contribution in [-0.2, 0) is 16.3 Å². The summed E-state index contributed by atoms with van der Waals surface area (Å²) in [6, 6.07) is 8.11. The lowest BCUT2D eigenvalue weighted by Crippen LogP contribution is -2.12. The van der Waals surface area contributed by atoms with Crippen molar-refractivity contribution in [2.45, 2.75) is 18.2 Å². The average Bonchev–Trinajstić information content (AvgIpc) is 2.89. The molecule has 1 N–H and O–H groups in total. The number of benzene rings is 1. The van der Waals surface area contributed by atoms with Crippen molar-refractivity contribution in [1.82, 2.24) is 0 Å². The molecule has 0 fully saturated rings. The van der Waals surface area contributed by atoms with E-state index < -0.39 is 15.8 Å². The van der Waals surface area contributed by atoms with E-state index in [1.54, 1.807) is 0 Å². The van der Waals surface area contributed by atoms with E-state index in [-0.39, 0.29) is 16.2 Å². The fourth-order valence-electron chi connectivity index (χ4n) is 1.98. The smallest absolute Gasteiger partial charge is 0.335 e. The van der Waals surface area contributed by atoms with Crippen molar-refractivity contribution in [2.75, 3.05) is 5.75 Å². The van der Waals surface area contributed by atoms with E-state index in [0.717, 1.165) is 4.88 Å². The van der Waals surface area contributed by atoms with E-state index in [1.165, 1.54) is 36.5 Å². The van der Waals surface area contributed by atoms with Crippen molar-refractivity contribution in [3.63, 3.8) is 0 Å². The van der Waals surface area contributed by atoms with Crippen LogP contribution in [0.25, 0.3) is 0 Å². The van der Waals surface area contributed by atoms with Crippen LogP contribution >= 0.6 is 11.3 Å². The van der Waals surface area contributed by atoms with Crippen molar-refractivity contribution >= 4 is 27.1 Å². The van der Waals surface area contributed by atoms with Crippen molar-refractivity contribution in [3.8, 4) is 0 Å². The van der Waals surface area contributed by atoms with Crippen LogP contribution in [0.3, 0.4) is 0 Å². The molecule has 0 aliphatic heterocycles. The minimum atomic E-state index is -3.48. The maximum atomic E-state index is 12.3. The second-order valence-electron chi connectivity index (χ2n) is 4.38. The standard InChI is InChI=1S/C14H14O4S2/c1-10-12(14(15)16)5-2-6-13(10)20(17,18)9-7-11-4-3-8-19-11/h2-6,8H,7,9H2,1H3,(H,15,16). The van der Waals surface area contributed by atoms with Crippen LogP contribution in [0.5, 0.6) is 0 Å². The largest absolute Gasteiger partial charge is 0.478 e. The molecule has 4 nitrogen and oxygen atoms in total. The zero-order valence-corrected chi connectivity index (χ0v) is 12.5. The fourth-order valence-corrected chi connectivity index (χ4v) is 4.39. The van der Waals surface area contributed by atoms with Crippen LogP contribution in [0.1, 0.15) is 20.8 Å². The molecule has 0 aliphatic rings. The Bertz CT molecular complexity index is 716. The summed E-state index contributed by atoms with van der Waals surface area (Å²) < 4.78 is 24.7. The summed E-state index contributed by atoms with van der Waals surface area (Å²) in [5, 5.41) is 10.9. The number of aromatic carboxylic acids is 1. The maximum Gasteiger partial charge on any atom is 0.335 e. The highest BCUT2D eigenvalue weighted by molar-refractivity contribution is 7.91. The molecular formula is C14H14O4S2. The van der Waals surface area contributed by atoms with Gasteiger partial charge in [0.25, 0.3) is 0 Å². The topological polar surface area (TPSA) is 71.4 Å². The highest BCUT2D eigenvalue weighted by Gasteiger charge is 2.20. The molecule has 0 unspecified atom stereocenters. The lowest BCUT2D eigenvalue weighted by molar-refractivity contribution is 0.0696. The summed E-state index contributed by atoms with van der Waals surface area (Å²) in [4.78, 5) is 12.2. The zero-order valence-electron chi connectivity index (χ0n) is 10.9. The molecule has 2 aromatic rings. The van der Waals surface area contributed by atoms with Crippen molar-refractivity contribution in [1.29, 1.82) is 0 Å². The third-order valence-electron chi connectivity index (χ3n) is 3.05. The first-order chi connectivity index (χ1) is 9.42. The van der Waals surface area contributed by atoms with E-state index in [9.17, 15) is 13.2 Å². The molecular weight excluding hydrogens is 296 g/mol. The van der Waals surface area contributed by atoms with Crippen molar-refractivity contribution in [2.24, 2.45) is 0 Å². The molecule has 0 aliphatic carbocycles. The average molecular weight is 310 g/mol. The first kappa shape index (κ1) is 14.7. The number of sulfone groups is 1. The normalized spacial score (nSPS) is 11.4. The first-order valence-corrected chi connectivity index (χ1v) is 8.53. The number of hydrogen-bond acceptors (Lipinski definition) is 4. The van der Waals surface area contributed by atoms with E-state index in [4.69, 9.17) is 5.11 Å². The summed E-state index contributed by atoms with van der Waals surface area (Å²) in [5.41, 5.74) is 0.327. The van der Waals surface area contributed by atoms with Gasteiger partial charge < -0.3 is 5.11 Å². The van der Waals surface area contributed by atoms with Gasteiger partial charge in [0.1, 0.15) is 0 Å². The number of carboxylic acids is 1. The van der Waals surface area contributed by atoms with Gasteiger partial charge in [-0.3, -0.25) is 0 Å². The van der Waals surface area contributed by atoms with Gasteiger partial charge in [0, 0.05) is 4.88 Å². The maximum absolute atomic E-state index is 12.3. The summed E-state index contributed by atoms with van der Waals surface area (Å²) in [6.45, 7) is 1.53. The number of rotatable bonds is 5. The highest BCUT2D eigenvalue weighted by Crippen LogP contribution is 2.21. The molecule has 0 saturated heterocycles. The summed E-state index contributed by atoms with van der Waals surface area (Å²) >= 11 is 1.51. The molecule has 20 heavy (non-hydrogen) atoms. The molecule has 0 radical (unpaired) electrons. The predicted molar refractivity (Wildman–Crippen MR) is 78.2 cm³/mol. The highest BCUT2D eigenvalue weighted by atomic mass is 32.2. The van der Waals surface area contributed by atoms with Gasteiger partial charge in [0.2, 0.25) is 0 Å². The SMILES string of the molecule is Cc1c(C(=O)O)cccc1S(=O)(=O)CCc1cccs1. The van der Waals surface area contributed by atoms with Crippen LogP contribution in [-0.4, -0.2) is 25.2 Å². The van der Waals surface area contributed by atoms with Crippen LogP contribution in [0.2, 0.25) is 0 Å². The van der Waals surface area contributed by atoms with Crippen LogP contribution in [0.15, 0.2) is 40.6 Å².